The summed E-state index contributed by atoms with van der Waals surface area (Å²) in [4.78, 5) is 0. The zero-order chi connectivity index (χ0) is 11.4. The lowest BCUT2D eigenvalue weighted by Gasteiger charge is -2.00. The van der Waals surface area contributed by atoms with Crippen molar-refractivity contribution in [2.75, 3.05) is 6.61 Å². The van der Waals surface area contributed by atoms with Gasteiger partial charge in [0.15, 0.2) is 0 Å². The van der Waals surface area contributed by atoms with Crippen LogP contribution < -0.4 is 0 Å². The van der Waals surface area contributed by atoms with E-state index in [-0.39, 0.29) is 0 Å². The summed E-state index contributed by atoms with van der Waals surface area (Å²) in [7, 11) is 0. The van der Waals surface area contributed by atoms with Gasteiger partial charge in [-0.25, -0.2) is 0 Å². The van der Waals surface area contributed by atoms with Crippen LogP contribution in [0.3, 0.4) is 0 Å². The molecule has 0 saturated heterocycles. The quantitative estimate of drug-likeness (QED) is 0.419. The van der Waals surface area contributed by atoms with Gasteiger partial charge in [-0.3, -0.25) is 0 Å². The molecule has 0 atom stereocenters. The second kappa shape index (κ2) is 11.8. The van der Waals surface area contributed by atoms with Gasteiger partial charge >= 0.3 is 0 Å². The Balaban J connectivity index is 3.13. The average molecular weight is 212 g/mol. The molecule has 15 heavy (non-hydrogen) atoms. The first kappa shape index (κ1) is 14.7. The van der Waals surface area contributed by atoms with Crippen molar-refractivity contribution in [3.05, 3.63) is 11.6 Å². The number of unbranched alkanes of at least 4 members (excludes halogenated alkanes) is 7. The van der Waals surface area contributed by atoms with Crippen LogP contribution in [-0.2, 0) is 0 Å². The van der Waals surface area contributed by atoms with Crippen molar-refractivity contribution >= 4 is 0 Å². The monoisotopic (exact) mass is 212 g/mol. The molecule has 0 spiro atoms. The molecule has 0 amide bonds. The van der Waals surface area contributed by atoms with Crippen LogP contribution in [0, 0.1) is 0 Å². The summed E-state index contributed by atoms with van der Waals surface area (Å²) in [6, 6.07) is 0. The maximum Gasteiger partial charge on any atom is 0.0468 e. The standard InChI is InChI=1S/C14H28O/c1-3-4-5-6-7-8-9-10-11-14(2)12-13-15/h11,15H,3-10,12-13H2,1-2H3. The molecule has 1 N–H and O–H groups in total. The summed E-state index contributed by atoms with van der Waals surface area (Å²) in [5.74, 6) is 0. The van der Waals surface area contributed by atoms with Crippen LogP contribution in [0.1, 0.15) is 71.6 Å². The van der Waals surface area contributed by atoms with Crippen LogP contribution in [0.15, 0.2) is 11.6 Å². The molecule has 0 rings (SSSR count). The maximum absolute atomic E-state index is 8.72. The predicted octanol–water partition coefficient (Wildman–Crippen LogP) is 4.46. The first-order chi connectivity index (χ1) is 7.31. The van der Waals surface area contributed by atoms with Crippen LogP contribution in [0.4, 0.5) is 0 Å². The SMILES string of the molecule is CCCCCCCCCC=C(C)CCO. The average Bonchev–Trinajstić information content (AvgIpc) is 2.22. The van der Waals surface area contributed by atoms with Crippen LogP contribution in [0.2, 0.25) is 0 Å². The predicted molar refractivity (Wildman–Crippen MR) is 68.1 cm³/mol. The molecule has 0 fully saturated rings. The van der Waals surface area contributed by atoms with E-state index in [4.69, 9.17) is 5.11 Å². The first-order valence-corrected chi connectivity index (χ1v) is 6.57. The van der Waals surface area contributed by atoms with Crippen molar-refractivity contribution in [2.45, 2.75) is 71.6 Å². The van der Waals surface area contributed by atoms with Gasteiger partial charge in [-0.1, -0.05) is 57.1 Å². The number of hydrogen-bond acceptors (Lipinski definition) is 1. The molecule has 0 saturated carbocycles. The van der Waals surface area contributed by atoms with Crippen molar-refractivity contribution in [3.8, 4) is 0 Å². The Morgan fingerprint density at radius 1 is 1.00 bits per heavy atom. The van der Waals surface area contributed by atoms with Crippen LogP contribution in [0.25, 0.3) is 0 Å². The fourth-order valence-electron chi connectivity index (χ4n) is 1.73. The minimum Gasteiger partial charge on any atom is -0.396 e. The van der Waals surface area contributed by atoms with Gasteiger partial charge in [0, 0.05) is 6.61 Å². The van der Waals surface area contributed by atoms with Gasteiger partial charge < -0.3 is 5.11 Å². The number of aliphatic hydroxyl groups excluding tert-OH is 1. The maximum atomic E-state index is 8.72. The Morgan fingerprint density at radius 2 is 1.60 bits per heavy atom. The van der Waals surface area contributed by atoms with Gasteiger partial charge in [0.2, 0.25) is 0 Å². The zero-order valence-corrected chi connectivity index (χ0v) is 10.6. The molecule has 0 heterocycles. The highest BCUT2D eigenvalue weighted by atomic mass is 16.2. The Morgan fingerprint density at radius 3 is 2.20 bits per heavy atom. The largest absolute Gasteiger partial charge is 0.396 e. The molecule has 0 radical (unpaired) electrons. The second-order valence-electron chi connectivity index (χ2n) is 4.43. The van der Waals surface area contributed by atoms with Gasteiger partial charge in [0.1, 0.15) is 0 Å². The van der Waals surface area contributed by atoms with Crippen LogP contribution >= 0.6 is 0 Å². The minimum absolute atomic E-state index is 0.291. The molecular formula is C14H28O. The minimum atomic E-state index is 0.291. The van der Waals surface area contributed by atoms with E-state index in [1.165, 1.54) is 56.9 Å². The van der Waals surface area contributed by atoms with Gasteiger partial charge in [-0.2, -0.15) is 0 Å². The van der Waals surface area contributed by atoms with Gasteiger partial charge in [-0.15, -0.1) is 0 Å². The van der Waals surface area contributed by atoms with E-state index < -0.39 is 0 Å². The molecule has 1 nitrogen and oxygen atoms in total. The lowest BCUT2D eigenvalue weighted by molar-refractivity contribution is 0.299. The number of aliphatic hydroxyl groups is 1. The van der Waals surface area contributed by atoms with Crippen molar-refractivity contribution in [3.63, 3.8) is 0 Å². The lowest BCUT2D eigenvalue weighted by Crippen LogP contribution is -1.84. The number of hydrogen-bond donors (Lipinski definition) is 1. The summed E-state index contributed by atoms with van der Waals surface area (Å²) in [6.45, 7) is 4.66. The topological polar surface area (TPSA) is 20.2 Å². The molecule has 0 aliphatic heterocycles. The van der Waals surface area contributed by atoms with E-state index in [0.717, 1.165) is 6.42 Å². The summed E-state index contributed by atoms with van der Waals surface area (Å²) < 4.78 is 0. The normalized spacial score (nSPS) is 12.1. The highest BCUT2D eigenvalue weighted by Crippen LogP contribution is 2.10. The molecule has 0 aromatic heterocycles. The first-order valence-electron chi connectivity index (χ1n) is 6.57. The fourth-order valence-corrected chi connectivity index (χ4v) is 1.73. The molecule has 0 aromatic carbocycles. The summed E-state index contributed by atoms with van der Waals surface area (Å²) in [5.41, 5.74) is 1.34. The summed E-state index contributed by atoms with van der Waals surface area (Å²) >= 11 is 0. The number of allylic oxidation sites excluding steroid dienone is 1. The van der Waals surface area contributed by atoms with Gasteiger partial charge in [0.25, 0.3) is 0 Å². The Kier molecular flexibility index (Phi) is 11.5. The molecule has 0 unspecified atom stereocenters. The molecule has 1 heteroatoms. The smallest absolute Gasteiger partial charge is 0.0468 e. The van der Waals surface area contributed by atoms with Gasteiger partial charge in [-0.05, 0) is 26.2 Å². The molecule has 0 aromatic rings. The van der Waals surface area contributed by atoms with Gasteiger partial charge in [0.05, 0.1) is 0 Å². The van der Waals surface area contributed by atoms with Crippen molar-refractivity contribution in [2.24, 2.45) is 0 Å². The third-order valence-electron chi connectivity index (χ3n) is 2.81. The Hall–Kier alpha value is -0.300. The lowest BCUT2D eigenvalue weighted by atomic mass is 10.1. The van der Waals surface area contributed by atoms with E-state index in [0.29, 0.717) is 6.61 Å². The molecular weight excluding hydrogens is 184 g/mol. The fraction of sp³-hybridized carbons (Fsp3) is 0.857. The van der Waals surface area contributed by atoms with Crippen molar-refractivity contribution < 1.29 is 5.11 Å². The highest BCUT2D eigenvalue weighted by molar-refractivity contribution is 4.97. The van der Waals surface area contributed by atoms with E-state index in [1.54, 1.807) is 0 Å². The highest BCUT2D eigenvalue weighted by Gasteiger charge is 1.91. The second-order valence-corrected chi connectivity index (χ2v) is 4.43. The summed E-state index contributed by atoms with van der Waals surface area (Å²) in [6.07, 6.45) is 14.0. The Bertz CT molecular complexity index is 149. The molecule has 0 aliphatic rings. The zero-order valence-electron chi connectivity index (χ0n) is 10.6. The van der Waals surface area contributed by atoms with E-state index in [1.807, 2.05) is 0 Å². The van der Waals surface area contributed by atoms with E-state index in [2.05, 4.69) is 19.9 Å². The number of rotatable bonds is 10. The summed E-state index contributed by atoms with van der Waals surface area (Å²) in [5, 5.41) is 8.72. The Labute approximate surface area is 95.6 Å². The molecule has 0 bridgehead atoms. The van der Waals surface area contributed by atoms with Crippen LogP contribution in [-0.4, -0.2) is 11.7 Å². The van der Waals surface area contributed by atoms with E-state index in [9.17, 15) is 0 Å². The van der Waals surface area contributed by atoms with Crippen molar-refractivity contribution in [1.29, 1.82) is 0 Å². The van der Waals surface area contributed by atoms with Crippen LogP contribution in [0.5, 0.6) is 0 Å². The third kappa shape index (κ3) is 11.6. The molecule has 0 aliphatic carbocycles. The third-order valence-corrected chi connectivity index (χ3v) is 2.81. The van der Waals surface area contributed by atoms with E-state index >= 15 is 0 Å². The van der Waals surface area contributed by atoms with Crippen molar-refractivity contribution in [1.82, 2.24) is 0 Å². The molecule has 90 valence electrons.